The maximum atomic E-state index is 13.8. The zero-order valence-electron chi connectivity index (χ0n) is 14.8. The molecule has 2 aromatic carbocycles. The SMILES string of the molecule is O=C1N(CC2CO2)C(=O)C(c2ccccc2)(c2ccccc2)N1CC1CO1. The van der Waals surface area contributed by atoms with Gasteiger partial charge < -0.3 is 9.47 Å². The van der Waals surface area contributed by atoms with Crippen LogP contribution in [0.1, 0.15) is 11.1 Å². The molecule has 6 nitrogen and oxygen atoms in total. The highest BCUT2D eigenvalue weighted by Crippen LogP contribution is 2.44. The number of urea groups is 1. The number of nitrogens with zero attached hydrogens (tertiary/aromatic N) is 2. The van der Waals surface area contributed by atoms with Gasteiger partial charge in [-0.25, -0.2) is 4.79 Å². The van der Waals surface area contributed by atoms with Crippen LogP contribution in [-0.4, -0.2) is 60.2 Å². The molecule has 3 aliphatic heterocycles. The lowest BCUT2D eigenvalue weighted by Crippen LogP contribution is -2.49. The topological polar surface area (TPSA) is 65.7 Å². The van der Waals surface area contributed by atoms with Gasteiger partial charge >= 0.3 is 6.03 Å². The van der Waals surface area contributed by atoms with Gasteiger partial charge in [-0.3, -0.25) is 14.6 Å². The highest BCUT2D eigenvalue weighted by Gasteiger charge is 2.60. The molecule has 3 saturated heterocycles. The smallest absolute Gasteiger partial charge is 0.328 e. The fourth-order valence-corrected chi connectivity index (χ4v) is 3.90. The molecule has 3 amide bonds. The molecule has 3 heterocycles. The van der Waals surface area contributed by atoms with Gasteiger partial charge in [-0.2, -0.15) is 0 Å². The maximum Gasteiger partial charge on any atom is 0.328 e. The van der Waals surface area contributed by atoms with E-state index in [0.717, 1.165) is 11.1 Å². The molecule has 27 heavy (non-hydrogen) atoms. The largest absolute Gasteiger partial charge is 0.371 e. The number of carbonyl (C=O) groups is 2. The van der Waals surface area contributed by atoms with Gasteiger partial charge in [0.25, 0.3) is 5.91 Å². The minimum Gasteiger partial charge on any atom is -0.371 e. The normalized spacial score (nSPS) is 25.8. The average molecular weight is 364 g/mol. The minimum atomic E-state index is -1.18. The molecule has 5 rings (SSSR count). The van der Waals surface area contributed by atoms with E-state index in [1.165, 1.54) is 4.90 Å². The predicted octanol–water partition coefficient (Wildman–Crippen LogP) is 1.99. The van der Waals surface area contributed by atoms with E-state index >= 15 is 0 Å². The fraction of sp³-hybridized carbons (Fsp3) is 0.333. The van der Waals surface area contributed by atoms with Gasteiger partial charge in [0, 0.05) is 0 Å². The van der Waals surface area contributed by atoms with E-state index in [4.69, 9.17) is 9.47 Å². The van der Waals surface area contributed by atoms with Crippen LogP contribution >= 0.6 is 0 Å². The maximum absolute atomic E-state index is 13.8. The Labute approximate surface area is 157 Å². The molecule has 0 N–H and O–H groups in total. The first kappa shape index (κ1) is 16.5. The third-order valence-corrected chi connectivity index (χ3v) is 5.38. The van der Waals surface area contributed by atoms with Crippen LogP contribution in [0.2, 0.25) is 0 Å². The number of benzene rings is 2. The van der Waals surface area contributed by atoms with Gasteiger partial charge in [0.05, 0.1) is 38.5 Å². The van der Waals surface area contributed by atoms with E-state index in [2.05, 4.69) is 0 Å². The van der Waals surface area contributed by atoms with Crippen molar-refractivity contribution in [2.24, 2.45) is 0 Å². The van der Waals surface area contributed by atoms with Gasteiger partial charge in [-0.1, -0.05) is 60.7 Å². The van der Waals surface area contributed by atoms with Crippen molar-refractivity contribution in [3.05, 3.63) is 71.8 Å². The first-order valence-corrected chi connectivity index (χ1v) is 9.19. The van der Waals surface area contributed by atoms with Gasteiger partial charge in [-0.15, -0.1) is 0 Å². The molecule has 3 aliphatic rings. The highest BCUT2D eigenvalue weighted by molar-refractivity contribution is 6.09. The van der Waals surface area contributed by atoms with Crippen LogP contribution in [0, 0.1) is 0 Å². The summed E-state index contributed by atoms with van der Waals surface area (Å²) in [7, 11) is 0. The molecule has 0 aliphatic carbocycles. The Kier molecular flexibility index (Phi) is 3.77. The van der Waals surface area contributed by atoms with Crippen LogP contribution in [0.25, 0.3) is 0 Å². The summed E-state index contributed by atoms with van der Waals surface area (Å²) in [5, 5.41) is 0. The number of hydrogen-bond donors (Lipinski definition) is 0. The van der Waals surface area contributed by atoms with Crippen LogP contribution in [0.3, 0.4) is 0 Å². The van der Waals surface area contributed by atoms with Crippen molar-refractivity contribution in [2.45, 2.75) is 17.7 Å². The van der Waals surface area contributed by atoms with E-state index in [1.54, 1.807) is 4.90 Å². The first-order valence-electron chi connectivity index (χ1n) is 9.19. The molecule has 0 spiro atoms. The van der Waals surface area contributed by atoms with E-state index in [-0.39, 0.29) is 24.1 Å². The molecule has 2 unspecified atom stereocenters. The van der Waals surface area contributed by atoms with Crippen LogP contribution in [0.4, 0.5) is 4.79 Å². The van der Waals surface area contributed by atoms with Gasteiger partial charge in [0.2, 0.25) is 0 Å². The summed E-state index contributed by atoms with van der Waals surface area (Å²) in [6.07, 6.45) is -0.0788. The molecule has 0 radical (unpaired) electrons. The average Bonchev–Trinajstić information content (AvgIpc) is 3.62. The number of carbonyl (C=O) groups excluding carboxylic acids is 2. The Balaban J connectivity index is 1.69. The molecular formula is C21H20N2O4. The van der Waals surface area contributed by atoms with Gasteiger partial charge in [0.1, 0.15) is 0 Å². The van der Waals surface area contributed by atoms with Crippen LogP contribution < -0.4 is 0 Å². The summed E-state index contributed by atoms with van der Waals surface area (Å²) in [5.74, 6) is -0.221. The van der Waals surface area contributed by atoms with Crippen molar-refractivity contribution in [3.8, 4) is 0 Å². The van der Waals surface area contributed by atoms with Gasteiger partial charge in [0.15, 0.2) is 5.54 Å². The quantitative estimate of drug-likeness (QED) is 0.581. The standard InChI is InChI=1S/C21H20N2O4/c24-19-21(15-7-3-1-4-8-15,16-9-5-2-6-10-16)23(12-18-14-27-18)20(25)22(19)11-17-13-26-17/h1-10,17-18H,11-14H2. The first-order chi connectivity index (χ1) is 13.2. The van der Waals surface area contributed by atoms with Crippen molar-refractivity contribution in [2.75, 3.05) is 26.3 Å². The molecule has 0 bridgehead atoms. The molecule has 2 aromatic rings. The van der Waals surface area contributed by atoms with E-state index in [0.29, 0.717) is 26.3 Å². The summed E-state index contributed by atoms with van der Waals surface area (Å²) >= 11 is 0. The summed E-state index contributed by atoms with van der Waals surface area (Å²) in [6.45, 7) is 1.88. The summed E-state index contributed by atoms with van der Waals surface area (Å²) < 4.78 is 10.7. The van der Waals surface area contributed by atoms with E-state index in [1.807, 2.05) is 60.7 Å². The second-order valence-electron chi connectivity index (χ2n) is 7.16. The lowest BCUT2D eigenvalue weighted by Gasteiger charge is -2.36. The fourth-order valence-electron chi connectivity index (χ4n) is 3.90. The Morgan fingerprint density at radius 1 is 0.815 bits per heavy atom. The highest BCUT2D eigenvalue weighted by atomic mass is 16.6. The Bertz CT molecular complexity index is 823. The molecule has 3 fully saturated rings. The van der Waals surface area contributed by atoms with Crippen molar-refractivity contribution in [3.63, 3.8) is 0 Å². The second-order valence-corrected chi connectivity index (χ2v) is 7.16. The Morgan fingerprint density at radius 3 is 1.78 bits per heavy atom. The predicted molar refractivity (Wildman–Crippen MR) is 97.0 cm³/mol. The minimum absolute atomic E-state index is 0.0225. The van der Waals surface area contributed by atoms with Crippen LogP contribution in [0.15, 0.2) is 60.7 Å². The molecule has 0 saturated carbocycles. The number of imide groups is 1. The van der Waals surface area contributed by atoms with Crippen molar-refractivity contribution >= 4 is 11.9 Å². The summed E-state index contributed by atoms with van der Waals surface area (Å²) in [4.78, 5) is 30.1. The third kappa shape index (κ3) is 2.64. The Hall–Kier alpha value is -2.70. The number of rotatable bonds is 6. The Morgan fingerprint density at radius 2 is 1.30 bits per heavy atom. The molecule has 138 valence electrons. The van der Waals surface area contributed by atoms with Crippen molar-refractivity contribution in [1.82, 2.24) is 9.80 Å². The van der Waals surface area contributed by atoms with Crippen LogP contribution in [0.5, 0.6) is 0 Å². The summed E-state index contributed by atoms with van der Waals surface area (Å²) in [6, 6.07) is 18.8. The lowest BCUT2D eigenvalue weighted by molar-refractivity contribution is -0.132. The number of ether oxygens (including phenoxy) is 2. The lowest BCUT2D eigenvalue weighted by atomic mass is 9.81. The van der Waals surface area contributed by atoms with Crippen LogP contribution in [-0.2, 0) is 19.8 Å². The van der Waals surface area contributed by atoms with E-state index in [9.17, 15) is 9.59 Å². The second kappa shape index (κ2) is 6.18. The molecule has 2 atom stereocenters. The van der Waals surface area contributed by atoms with E-state index < -0.39 is 5.54 Å². The van der Waals surface area contributed by atoms with Gasteiger partial charge in [-0.05, 0) is 11.1 Å². The number of hydrogen-bond acceptors (Lipinski definition) is 4. The van der Waals surface area contributed by atoms with Crippen molar-refractivity contribution < 1.29 is 19.1 Å². The molecule has 0 aromatic heterocycles. The molecule has 6 heteroatoms. The zero-order valence-corrected chi connectivity index (χ0v) is 14.8. The number of epoxide rings is 2. The summed E-state index contributed by atoms with van der Waals surface area (Å²) in [5.41, 5.74) is 0.393. The third-order valence-electron chi connectivity index (χ3n) is 5.38. The zero-order chi connectivity index (χ0) is 18.4. The number of amides is 3. The molecular weight excluding hydrogens is 344 g/mol. The monoisotopic (exact) mass is 364 g/mol. The van der Waals surface area contributed by atoms with Crippen molar-refractivity contribution in [1.29, 1.82) is 0 Å².